The minimum Gasteiger partial charge on any atom is -0.444 e. The SMILES string of the molecule is CC(C)(C)OC(=O)NC1CCCC(Nc2ncc(C#N)c(-c3cn(S(=O)(=O)c4ccccc4)c4ccccc34)n2)C1. The average Bonchev–Trinajstić information content (AvgIpc) is 3.33. The Kier molecular flexibility index (Phi) is 7.69. The first-order chi connectivity index (χ1) is 19.5. The van der Waals surface area contributed by atoms with Crippen molar-refractivity contribution in [3.05, 3.63) is 72.6 Å². The molecule has 2 heterocycles. The Bertz CT molecular complexity index is 1720. The van der Waals surface area contributed by atoms with Crippen LogP contribution in [-0.4, -0.2) is 46.1 Å². The lowest BCUT2D eigenvalue weighted by molar-refractivity contribution is 0.0492. The molecule has 1 amide bonds. The number of hydrogen-bond acceptors (Lipinski definition) is 8. The molecule has 0 spiro atoms. The molecule has 11 heteroatoms. The number of benzene rings is 2. The predicted molar refractivity (Wildman–Crippen MR) is 156 cm³/mol. The number of para-hydroxylation sites is 1. The highest BCUT2D eigenvalue weighted by Gasteiger charge is 2.27. The highest BCUT2D eigenvalue weighted by molar-refractivity contribution is 7.90. The molecule has 5 rings (SSSR count). The van der Waals surface area contributed by atoms with Crippen LogP contribution in [0.5, 0.6) is 0 Å². The quantitative estimate of drug-likeness (QED) is 0.311. The zero-order chi connectivity index (χ0) is 29.2. The number of ether oxygens (including phenoxy) is 1. The first kappa shape index (κ1) is 28.1. The standard InChI is InChI=1S/C30H32N6O4S/c1-30(2,3)40-29(37)34-22-11-9-10-21(16-22)33-28-32-18-20(17-31)27(35-28)25-19-36(26-15-8-7-14-24(25)26)41(38,39)23-12-5-4-6-13-23/h4-8,12-15,18-19,21-22H,9-11,16H2,1-3H3,(H,34,37)(H,32,33,35). The molecular weight excluding hydrogens is 540 g/mol. The Morgan fingerprint density at radius 3 is 2.51 bits per heavy atom. The zero-order valence-electron chi connectivity index (χ0n) is 23.2. The van der Waals surface area contributed by atoms with Crippen LogP contribution in [0.3, 0.4) is 0 Å². The maximum absolute atomic E-state index is 13.6. The van der Waals surface area contributed by atoms with Crippen molar-refractivity contribution < 1.29 is 17.9 Å². The number of nitriles is 1. The van der Waals surface area contributed by atoms with Crippen molar-refractivity contribution in [3.8, 4) is 17.3 Å². The van der Waals surface area contributed by atoms with Gasteiger partial charge >= 0.3 is 6.09 Å². The third kappa shape index (κ3) is 6.18. The number of hydrogen-bond donors (Lipinski definition) is 2. The molecule has 1 aliphatic rings. The Labute approximate surface area is 239 Å². The molecule has 1 aliphatic carbocycles. The number of nitrogens with zero attached hydrogens (tertiary/aromatic N) is 4. The van der Waals surface area contributed by atoms with Gasteiger partial charge in [-0.1, -0.05) is 36.4 Å². The van der Waals surface area contributed by atoms with Crippen molar-refractivity contribution in [2.24, 2.45) is 0 Å². The van der Waals surface area contributed by atoms with Gasteiger partial charge in [0.15, 0.2) is 0 Å². The third-order valence-corrected chi connectivity index (χ3v) is 8.56. The minimum absolute atomic E-state index is 0.00993. The minimum atomic E-state index is -3.90. The second-order valence-corrected chi connectivity index (χ2v) is 12.9. The van der Waals surface area contributed by atoms with E-state index in [1.54, 1.807) is 42.5 Å². The zero-order valence-corrected chi connectivity index (χ0v) is 24.0. The number of amides is 1. The van der Waals surface area contributed by atoms with Gasteiger partial charge in [-0.25, -0.2) is 27.2 Å². The topological polar surface area (TPSA) is 139 Å². The van der Waals surface area contributed by atoms with Crippen LogP contribution in [-0.2, 0) is 14.8 Å². The smallest absolute Gasteiger partial charge is 0.407 e. The average molecular weight is 573 g/mol. The van der Waals surface area contributed by atoms with Gasteiger partial charge in [0.25, 0.3) is 10.0 Å². The molecule has 0 aliphatic heterocycles. The van der Waals surface area contributed by atoms with Gasteiger partial charge in [0, 0.05) is 29.2 Å². The van der Waals surface area contributed by atoms with Crippen molar-refractivity contribution in [2.45, 2.75) is 69.0 Å². The Hall–Kier alpha value is -4.43. The van der Waals surface area contributed by atoms with E-state index >= 15 is 0 Å². The fourth-order valence-corrected chi connectivity index (χ4v) is 6.48. The molecule has 2 aromatic heterocycles. The molecule has 10 nitrogen and oxygen atoms in total. The molecule has 2 unspecified atom stereocenters. The highest BCUT2D eigenvalue weighted by atomic mass is 32.2. The van der Waals surface area contributed by atoms with E-state index in [0.717, 1.165) is 19.3 Å². The Morgan fingerprint density at radius 1 is 1.07 bits per heavy atom. The number of nitrogens with one attached hydrogen (secondary N) is 2. The lowest BCUT2D eigenvalue weighted by atomic mass is 9.91. The second-order valence-electron chi connectivity index (χ2n) is 11.1. The van der Waals surface area contributed by atoms with Crippen LogP contribution < -0.4 is 10.6 Å². The number of fused-ring (bicyclic) bond motifs is 1. The van der Waals surface area contributed by atoms with Crippen LogP contribution in [0.1, 0.15) is 52.0 Å². The van der Waals surface area contributed by atoms with E-state index in [2.05, 4.69) is 21.7 Å². The van der Waals surface area contributed by atoms with Crippen LogP contribution in [0, 0.1) is 11.3 Å². The molecule has 1 fully saturated rings. The summed E-state index contributed by atoms with van der Waals surface area (Å²) >= 11 is 0. The Balaban J connectivity index is 1.45. The molecule has 4 aromatic rings. The first-order valence-electron chi connectivity index (χ1n) is 13.5. The van der Waals surface area contributed by atoms with Gasteiger partial charge in [0.1, 0.15) is 11.7 Å². The van der Waals surface area contributed by atoms with Crippen LogP contribution in [0.25, 0.3) is 22.2 Å². The fourth-order valence-electron chi connectivity index (χ4n) is 5.09. The number of alkyl carbamates (subject to hydrolysis) is 1. The molecule has 1 saturated carbocycles. The summed E-state index contributed by atoms with van der Waals surface area (Å²) < 4.78 is 33.8. The molecule has 2 atom stereocenters. The van der Waals surface area contributed by atoms with E-state index in [9.17, 15) is 18.5 Å². The molecule has 0 saturated heterocycles. The molecule has 2 aromatic carbocycles. The van der Waals surface area contributed by atoms with Crippen molar-refractivity contribution in [3.63, 3.8) is 0 Å². The summed E-state index contributed by atoms with van der Waals surface area (Å²) in [4.78, 5) is 21.5. The second kappa shape index (κ2) is 11.2. The van der Waals surface area contributed by atoms with Gasteiger partial charge in [-0.05, 0) is 64.7 Å². The summed E-state index contributed by atoms with van der Waals surface area (Å²) in [5.74, 6) is 0.324. The van der Waals surface area contributed by atoms with Crippen LogP contribution in [0.15, 0.2) is 71.9 Å². The van der Waals surface area contributed by atoms with Gasteiger partial charge in [-0.3, -0.25) is 0 Å². The highest BCUT2D eigenvalue weighted by Crippen LogP contribution is 2.34. The van der Waals surface area contributed by atoms with Gasteiger partial charge < -0.3 is 15.4 Å². The van der Waals surface area contributed by atoms with Crippen LogP contribution in [0.2, 0.25) is 0 Å². The van der Waals surface area contributed by atoms with E-state index in [4.69, 9.17) is 9.72 Å². The van der Waals surface area contributed by atoms with Crippen molar-refractivity contribution >= 4 is 33.0 Å². The molecule has 212 valence electrons. The summed E-state index contributed by atoms with van der Waals surface area (Å²) in [6.45, 7) is 5.48. The van der Waals surface area contributed by atoms with Gasteiger partial charge in [0.2, 0.25) is 5.95 Å². The monoisotopic (exact) mass is 572 g/mol. The summed E-state index contributed by atoms with van der Waals surface area (Å²) in [5.41, 5.74) is 0.972. The maximum Gasteiger partial charge on any atom is 0.407 e. The van der Waals surface area contributed by atoms with E-state index in [0.29, 0.717) is 34.5 Å². The van der Waals surface area contributed by atoms with E-state index in [1.807, 2.05) is 32.9 Å². The first-order valence-corrected chi connectivity index (χ1v) is 14.9. The Morgan fingerprint density at radius 2 is 1.78 bits per heavy atom. The molecule has 0 radical (unpaired) electrons. The molecule has 41 heavy (non-hydrogen) atoms. The van der Waals surface area contributed by atoms with Crippen molar-refractivity contribution in [1.82, 2.24) is 19.3 Å². The number of aromatic nitrogens is 3. The molecule has 2 N–H and O–H groups in total. The van der Waals surface area contributed by atoms with Gasteiger partial charge in [-0.2, -0.15) is 5.26 Å². The van der Waals surface area contributed by atoms with E-state index in [-0.39, 0.29) is 22.5 Å². The summed E-state index contributed by atoms with van der Waals surface area (Å²) in [6, 6.07) is 17.4. The largest absolute Gasteiger partial charge is 0.444 e. The van der Waals surface area contributed by atoms with E-state index in [1.165, 1.54) is 16.4 Å². The van der Waals surface area contributed by atoms with Crippen molar-refractivity contribution in [2.75, 3.05) is 5.32 Å². The maximum atomic E-state index is 13.6. The summed E-state index contributed by atoms with van der Waals surface area (Å²) in [7, 11) is -3.90. The summed E-state index contributed by atoms with van der Waals surface area (Å²) in [5, 5.41) is 16.8. The van der Waals surface area contributed by atoms with Crippen LogP contribution in [0.4, 0.5) is 10.7 Å². The molecule has 0 bridgehead atoms. The van der Waals surface area contributed by atoms with E-state index < -0.39 is 21.7 Å². The van der Waals surface area contributed by atoms with Gasteiger partial charge in [-0.15, -0.1) is 0 Å². The lowest BCUT2D eigenvalue weighted by Crippen LogP contribution is -2.44. The van der Waals surface area contributed by atoms with Crippen molar-refractivity contribution in [1.29, 1.82) is 5.26 Å². The third-order valence-electron chi connectivity index (χ3n) is 6.87. The lowest BCUT2D eigenvalue weighted by Gasteiger charge is -2.31. The predicted octanol–water partition coefficient (Wildman–Crippen LogP) is 5.45. The number of rotatable bonds is 6. The normalized spacial score (nSPS) is 17.5. The number of carbonyl (C=O) groups excluding carboxylic acids is 1. The van der Waals surface area contributed by atoms with Gasteiger partial charge in [0.05, 0.1) is 27.9 Å². The summed E-state index contributed by atoms with van der Waals surface area (Å²) in [6.07, 6.45) is 5.77. The number of carbonyl (C=O) groups is 1. The number of anilines is 1. The van der Waals surface area contributed by atoms with Crippen LogP contribution >= 0.6 is 0 Å². The fraction of sp³-hybridized carbons (Fsp3) is 0.333. The molecular formula is C30H32N6O4S.